The summed E-state index contributed by atoms with van der Waals surface area (Å²) >= 11 is 0. The van der Waals surface area contributed by atoms with E-state index in [2.05, 4.69) is 26.2 Å². The summed E-state index contributed by atoms with van der Waals surface area (Å²) in [5, 5.41) is 0. The average molecular weight is 252 g/mol. The van der Waals surface area contributed by atoms with Gasteiger partial charge in [0.25, 0.3) is 0 Å². The quantitative estimate of drug-likeness (QED) is 0.376. The number of allylic oxidation sites excluding steroid dienone is 4. The molecule has 0 atom stereocenters. The van der Waals surface area contributed by atoms with Gasteiger partial charge in [-0.15, -0.1) is 6.58 Å². The second kappa shape index (κ2) is 12.0. The number of hydrogen-bond donors (Lipinski definition) is 0. The summed E-state index contributed by atoms with van der Waals surface area (Å²) in [6.07, 6.45) is 5.88. The molecule has 0 aromatic rings. The topological polar surface area (TPSA) is 18.5 Å². The largest absolute Gasteiger partial charge is 0.493 e. The molecule has 0 radical (unpaired) electrons. The minimum Gasteiger partial charge on any atom is -0.493 e. The van der Waals surface area contributed by atoms with Crippen LogP contribution < -0.4 is 0 Å². The van der Waals surface area contributed by atoms with Gasteiger partial charge in [0.05, 0.1) is 14.2 Å². The Morgan fingerprint density at radius 2 is 1.56 bits per heavy atom. The number of hydrogen-bond acceptors (Lipinski definition) is 2. The first kappa shape index (κ1) is 18.9. The molecule has 0 aromatic carbocycles. The van der Waals surface area contributed by atoms with Crippen LogP contribution in [0.1, 0.15) is 40.5 Å². The number of methoxy groups -OCH3 is 2. The maximum absolute atomic E-state index is 5.40. The van der Waals surface area contributed by atoms with Crippen molar-refractivity contribution in [3.63, 3.8) is 0 Å². The predicted octanol–water partition coefficient (Wildman–Crippen LogP) is 5.01. The fourth-order valence-electron chi connectivity index (χ4n) is 1.49. The normalized spacial score (nSPS) is 11.8. The molecule has 0 unspecified atom stereocenters. The maximum atomic E-state index is 5.40. The van der Waals surface area contributed by atoms with Crippen LogP contribution >= 0.6 is 0 Å². The third-order valence-corrected chi connectivity index (χ3v) is 2.16. The van der Waals surface area contributed by atoms with Crippen molar-refractivity contribution in [1.29, 1.82) is 0 Å². The molecule has 2 heteroatoms. The van der Waals surface area contributed by atoms with Crippen LogP contribution in [0, 0.1) is 0 Å². The van der Waals surface area contributed by atoms with Gasteiger partial charge in [-0.05, 0) is 38.3 Å². The second-order valence-electron chi connectivity index (χ2n) is 3.82. The fourth-order valence-corrected chi connectivity index (χ4v) is 1.49. The Hall–Kier alpha value is -1.44. The monoisotopic (exact) mass is 252 g/mol. The molecule has 0 saturated heterocycles. The Labute approximate surface area is 113 Å². The highest BCUT2D eigenvalue weighted by atomic mass is 16.5. The van der Waals surface area contributed by atoms with Crippen molar-refractivity contribution >= 4 is 0 Å². The van der Waals surface area contributed by atoms with E-state index in [1.54, 1.807) is 20.3 Å². The van der Waals surface area contributed by atoms with E-state index in [0.29, 0.717) is 0 Å². The number of rotatable bonds is 6. The molecule has 0 heterocycles. The van der Waals surface area contributed by atoms with Crippen LogP contribution in [0.25, 0.3) is 0 Å². The third-order valence-electron chi connectivity index (χ3n) is 2.16. The third kappa shape index (κ3) is 7.00. The first-order valence-electron chi connectivity index (χ1n) is 6.24. The molecule has 0 aliphatic heterocycles. The molecule has 18 heavy (non-hydrogen) atoms. The van der Waals surface area contributed by atoms with E-state index in [1.807, 2.05) is 20.8 Å². The van der Waals surface area contributed by atoms with Gasteiger partial charge in [0, 0.05) is 0 Å². The predicted molar refractivity (Wildman–Crippen MR) is 80.4 cm³/mol. The molecular formula is C16H28O2. The Kier molecular flexibility index (Phi) is 12.6. The molecule has 0 rings (SSSR count). The summed E-state index contributed by atoms with van der Waals surface area (Å²) in [6.45, 7) is 15.2. The Morgan fingerprint density at radius 1 is 1.11 bits per heavy atom. The first-order chi connectivity index (χ1) is 8.53. The van der Waals surface area contributed by atoms with Crippen molar-refractivity contribution in [3.8, 4) is 0 Å². The van der Waals surface area contributed by atoms with Gasteiger partial charge in [0.2, 0.25) is 0 Å². The molecular weight excluding hydrogens is 224 g/mol. The van der Waals surface area contributed by atoms with Crippen LogP contribution in [0.3, 0.4) is 0 Å². The number of ether oxygens (including phenoxy) is 2. The summed E-state index contributed by atoms with van der Waals surface area (Å²) in [4.78, 5) is 0. The fraction of sp³-hybridized carbons (Fsp3) is 0.500. The van der Waals surface area contributed by atoms with E-state index < -0.39 is 0 Å². The van der Waals surface area contributed by atoms with Crippen LogP contribution in [0.2, 0.25) is 0 Å². The van der Waals surface area contributed by atoms with Gasteiger partial charge in [-0.1, -0.05) is 32.1 Å². The Morgan fingerprint density at radius 3 is 1.78 bits per heavy atom. The highest BCUT2D eigenvalue weighted by Crippen LogP contribution is 2.24. The molecule has 0 aliphatic carbocycles. The zero-order chi connectivity index (χ0) is 14.6. The molecule has 0 spiro atoms. The lowest BCUT2D eigenvalue weighted by Gasteiger charge is -2.15. The van der Waals surface area contributed by atoms with Crippen molar-refractivity contribution in [2.24, 2.45) is 0 Å². The van der Waals surface area contributed by atoms with Gasteiger partial charge in [-0.3, -0.25) is 0 Å². The smallest absolute Gasteiger partial charge is 0.163 e. The van der Waals surface area contributed by atoms with E-state index >= 15 is 0 Å². The van der Waals surface area contributed by atoms with Gasteiger partial charge in [-0.25, -0.2) is 0 Å². The van der Waals surface area contributed by atoms with Crippen LogP contribution in [0.15, 0.2) is 48.0 Å². The van der Waals surface area contributed by atoms with Crippen molar-refractivity contribution in [1.82, 2.24) is 0 Å². The molecule has 0 bridgehead atoms. The van der Waals surface area contributed by atoms with Crippen molar-refractivity contribution in [2.45, 2.75) is 40.5 Å². The SMILES string of the molecule is C=C(C)/C(OC)=C(OC)\C(=C/C)CCC.C=CC. The average Bonchev–Trinajstić information content (AvgIpc) is 2.34. The van der Waals surface area contributed by atoms with Gasteiger partial charge < -0.3 is 9.47 Å². The lowest BCUT2D eigenvalue weighted by atomic mass is 10.1. The van der Waals surface area contributed by atoms with Gasteiger partial charge >= 0.3 is 0 Å². The molecule has 0 N–H and O–H groups in total. The minimum atomic E-state index is 0.735. The van der Waals surface area contributed by atoms with E-state index in [-0.39, 0.29) is 0 Å². The van der Waals surface area contributed by atoms with E-state index in [1.165, 1.54) is 5.57 Å². The summed E-state index contributed by atoms with van der Waals surface area (Å²) < 4.78 is 10.7. The standard InChI is InChI=1S/C13H22O2.C3H6/c1-7-9-11(8-2)13(15-6)12(14-5)10(3)4;1-3-2/h8H,3,7,9H2,1-2,4-6H3;3H,1H2,2H3/b11-8-,13-12-;. The molecule has 0 saturated carbocycles. The molecule has 0 amide bonds. The van der Waals surface area contributed by atoms with E-state index in [0.717, 1.165) is 29.9 Å². The van der Waals surface area contributed by atoms with Crippen LogP contribution in [0.4, 0.5) is 0 Å². The summed E-state index contributed by atoms with van der Waals surface area (Å²) in [6, 6.07) is 0. The second-order valence-corrected chi connectivity index (χ2v) is 3.82. The zero-order valence-electron chi connectivity index (χ0n) is 12.8. The van der Waals surface area contributed by atoms with Gasteiger partial charge in [0.1, 0.15) is 0 Å². The van der Waals surface area contributed by atoms with Gasteiger partial charge in [-0.2, -0.15) is 0 Å². The van der Waals surface area contributed by atoms with Crippen molar-refractivity contribution in [2.75, 3.05) is 14.2 Å². The highest BCUT2D eigenvalue weighted by molar-refractivity contribution is 5.36. The van der Waals surface area contributed by atoms with Crippen LogP contribution in [0.5, 0.6) is 0 Å². The summed E-state index contributed by atoms with van der Waals surface area (Å²) in [7, 11) is 3.30. The first-order valence-corrected chi connectivity index (χ1v) is 6.24. The minimum absolute atomic E-state index is 0.735. The molecule has 0 fully saturated rings. The summed E-state index contributed by atoms with van der Waals surface area (Å²) in [5.74, 6) is 1.54. The molecule has 0 aliphatic rings. The zero-order valence-corrected chi connectivity index (χ0v) is 12.8. The van der Waals surface area contributed by atoms with Crippen molar-refractivity contribution in [3.05, 3.63) is 48.0 Å². The lowest BCUT2D eigenvalue weighted by molar-refractivity contribution is 0.232. The van der Waals surface area contributed by atoms with Crippen LogP contribution in [-0.2, 0) is 9.47 Å². The van der Waals surface area contributed by atoms with E-state index in [4.69, 9.17) is 9.47 Å². The van der Waals surface area contributed by atoms with E-state index in [9.17, 15) is 0 Å². The van der Waals surface area contributed by atoms with Crippen LogP contribution in [-0.4, -0.2) is 14.2 Å². The summed E-state index contributed by atoms with van der Waals surface area (Å²) in [5.41, 5.74) is 2.05. The van der Waals surface area contributed by atoms with Gasteiger partial charge in [0.15, 0.2) is 11.5 Å². The Balaban J connectivity index is 0. The maximum Gasteiger partial charge on any atom is 0.163 e. The highest BCUT2D eigenvalue weighted by Gasteiger charge is 2.12. The molecule has 2 nitrogen and oxygen atoms in total. The van der Waals surface area contributed by atoms with Crippen molar-refractivity contribution < 1.29 is 9.47 Å². The lowest BCUT2D eigenvalue weighted by Crippen LogP contribution is -2.01. The molecule has 0 aromatic heterocycles. The molecule has 104 valence electrons. The Bertz CT molecular complexity index is 309.